The molecule has 0 aliphatic heterocycles. The van der Waals surface area contributed by atoms with Crippen molar-refractivity contribution in [3.63, 3.8) is 0 Å². The molecule has 0 fully saturated rings. The van der Waals surface area contributed by atoms with Crippen molar-refractivity contribution in [3.8, 4) is 0 Å². The lowest BCUT2D eigenvalue weighted by atomic mass is 10.3. The van der Waals surface area contributed by atoms with Gasteiger partial charge in [0.1, 0.15) is 0 Å². The molecule has 0 aromatic carbocycles. The molecule has 0 spiro atoms. The Morgan fingerprint density at radius 3 is 3.07 bits per heavy atom. The van der Waals surface area contributed by atoms with Crippen LogP contribution in [0.2, 0.25) is 0 Å². The van der Waals surface area contributed by atoms with Crippen molar-refractivity contribution >= 4 is 6.08 Å². The molecule has 3 heteroatoms. The summed E-state index contributed by atoms with van der Waals surface area (Å²) < 4.78 is 1.99. The smallest absolute Gasteiger partial charge is 0.0562 e. The van der Waals surface area contributed by atoms with E-state index in [1.165, 1.54) is 5.56 Å². The maximum atomic E-state index is 4.27. The van der Waals surface area contributed by atoms with Gasteiger partial charge in [0.25, 0.3) is 0 Å². The van der Waals surface area contributed by atoms with Crippen LogP contribution >= 0.6 is 0 Å². The fourth-order valence-corrected chi connectivity index (χ4v) is 1.40. The molecule has 84 valence electrons. The standard InChI is InChI=1S/C12H21N3/c1-3-9-15-11-12(10-14-15)7-5-6-8-13-4-2/h5,7,10-11,13H,3-4,6,8-9H2,1-2H3. The zero-order chi connectivity index (χ0) is 10.9. The van der Waals surface area contributed by atoms with Gasteiger partial charge in [-0.25, -0.2) is 0 Å². The van der Waals surface area contributed by atoms with Crippen molar-refractivity contribution in [1.29, 1.82) is 0 Å². The van der Waals surface area contributed by atoms with Crippen LogP contribution in [-0.4, -0.2) is 22.9 Å². The number of hydrogen-bond donors (Lipinski definition) is 1. The summed E-state index contributed by atoms with van der Waals surface area (Å²) in [4.78, 5) is 0. The Morgan fingerprint density at radius 2 is 2.33 bits per heavy atom. The molecule has 3 nitrogen and oxygen atoms in total. The van der Waals surface area contributed by atoms with E-state index in [1.807, 2.05) is 10.9 Å². The molecule has 0 unspecified atom stereocenters. The summed E-state index contributed by atoms with van der Waals surface area (Å²) >= 11 is 0. The number of aryl methyl sites for hydroxylation is 1. The lowest BCUT2D eigenvalue weighted by molar-refractivity contribution is 0.602. The Kier molecular flexibility index (Phi) is 5.78. The van der Waals surface area contributed by atoms with Crippen molar-refractivity contribution < 1.29 is 0 Å². The van der Waals surface area contributed by atoms with E-state index in [9.17, 15) is 0 Å². The summed E-state index contributed by atoms with van der Waals surface area (Å²) in [5.41, 5.74) is 1.19. The topological polar surface area (TPSA) is 29.9 Å². The van der Waals surface area contributed by atoms with Gasteiger partial charge in [-0.2, -0.15) is 5.10 Å². The van der Waals surface area contributed by atoms with Crippen LogP contribution in [0.25, 0.3) is 6.08 Å². The van der Waals surface area contributed by atoms with Crippen LogP contribution in [0.1, 0.15) is 32.3 Å². The van der Waals surface area contributed by atoms with Crippen molar-refractivity contribution in [2.45, 2.75) is 33.2 Å². The van der Waals surface area contributed by atoms with Crippen LogP contribution in [0.3, 0.4) is 0 Å². The van der Waals surface area contributed by atoms with Gasteiger partial charge < -0.3 is 5.32 Å². The molecule has 0 saturated heterocycles. The van der Waals surface area contributed by atoms with E-state index in [0.717, 1.165) is 32.5 Å². The fraction of sp³-hybridized carbons (Fsp3) is 0.583. The van der Waals surface area contributed by atoms with Crippen LogP contribution < -0.4 is 5.32 Å². The van der Waals surface area contributed by atoms with Gasteiger partial charge in [-0.1, -0.05) is 26.0 Å². The first-order valence-electron chi connectivity index (χ1n) is 5.76. The van der Waals surface area contributed by atoms with Crippen LogP contribution in [-0.2, 0) is 6.54 Å². The predicted molar refractivity (Wildman–Crippen MR) is 64.7 cm³/mol. The summed E-state index contributed by atoms with van der Waals surface area (Å²) in [7, 11) is 0. The highest BCUT2D eigenvalue weighted by atomic mass is 15.3. The van der Waals surface area contributed by atoms with Gasteiger partial charge in [0, 0.05) is 18.3 Å². The summed E-state index contributed by atoms with van der Waals surface area (Å²) in [6.07, 6.45) is 10.5. The number of nitrogens with one attached hydrogen (secondary N) is 1. The first-order valence-corrected chi connectivity index (χ1v) is 5.76. The Morgan fingerprint density at radius 1 is 1.47 bits per heavy atom. The molecule has 1 rings (SSSR count). The molecule has 1 aromatic heterocycles. The number of hydrogen-bond acceptors (Lipinski definition) is 2. The Balaban J connectivity index is 2.29. The molecule has 1 heterocycles. The van der Waals surface area contributed by atoms with Gasteiger partial charge in [0.15, 0.2) is 0 Å². The van der Waals surface area contributed by atoms with Crippen molar-refractivity contribution in [2.24, 2.45) is 0 Å². The second kappa shape index (κ2) is 7.23. The largest absolute Gasteiger partial charge is 0.317 e. The lowest BCUT2D eigenvalue weighted by Gasteiger charge is -1.95. The van der Waals surface area contributed by atoms with Gasteiger partial charge in [-0.15, -0.1) is 0 Å². The molecule has 0 atom stereocenters. The summed E-state index contributed by atoms with van der Waals surface area (Å²) in [5, 5.41) is 7.56. The number of nitrogens with zero attached hydrogens (tertiary/aromatic N) is 2. The van der Waals surface area contributed by atoms with Gasteiger partial charge in [-0.3, -0.25) is 4.68 Å². The van der Waals surface area contributed by atoms with Crippen molar-refractivity contribution in [1.82, 2.24) is 15.1 Å². The van der Waals surface area contributed by atoms with Crippen LogP contribution in [0, 0.1) is 0 Å². The average Bonchev–Trinajstić information content (AvgIpc) is 2.66. The second-order valence-corrected chi connectivity index (χ2v) is 3.58. The summed E-state index contributed by atoms with van der Waals surface area (Å²) in [6.45, 7) is 7.38. The quantitative estimate of drug-likeness (QED) is 0.695. The third kappa shape index (κ3) is 4.79. The highest BCUT2D eigenvalue weighted by molar-refractivity contribution is 5.46. The summed E-state index contributed by atoms with van der Waals surface area (Å²) in [6, 6.07) is 0. The maximum Gasteiger partial charge on any atom is 0.0562 e. The lowest BCUT2D eigenvalue weighted by Crippen LogP contribution is -2.12. The minimum Gasteiger partial charge on any atom is -0.317 e. The van der Waals surface area contributed by atoms with Crippen molar-refractivity contribution in [3.05, 3.63) is 24.0 Å². The monoisotopic (exact) mass is 207 g/mol. The number of aromatic nitrogens is 2. The molecule has 0 bridgehead atoms. The van der Waals surface area contributed by atoms with Gasteiger partial charge in [-0.05, 0) is 25.9 Å². The fourth-order valence-electron chi connectivity index (χ4n) is 1.40. The molecular formula is C12H21N3. The van der Waals surface area contributed by atoms with E-state index in [1.54, 1.807) is 0 Å². The molecule has 1 aromatic rings. The third-order valence-electron chi connectivity index (χ3n) is 2.15. The minimum absolute atomic E-state index is 1.01. The van der Waals surface area contributed by atoms with Crippen LogP contribution in [0.15, 0.2) is 18.5 Å². The van der Waals surface area contributed by atoms with Gasteiger partial charge in [0.05, 0.1) is 6.20 Å². The Labute approximate surface area is 92.2 Å². The highest BCUT2D eigenvalue weighted by Gasteiger charge is 1.92. The second-order valence-electron chi connectivity index (χ2n) is 3.58. The minimum atomic E-state index is 1.01. The van der Waals surface area contributed by atoms with E-state index in [-0.39, 0.29) is 0 Å². The average molecular weight is 207 g/mol. The normalized spacial score (nSPS) is 11.3. The SMILES string of the molecule is CCCn1cc(C=CCCNCC)cn1. The Bertz CT molecular complexity index is 289. The van der Waals surface area contributed by atoms with Gasteiger partial charge in [0.2, 0.25) is 0 Å². The van der Waals surface area contributed by atoms with Crippen molar-refractivity contribution in [2.75, 3.05) is 13.1 Å². The summed E-state index contributed by atoms with van der Waals surface area (Å²) in [5.74, 6) is 0. The maximum absolute atomic E-state index is 4.27. The molecule has 0 aliphatic rings. The van der Waals surface area contributed by atoms with E-state index in [4.69, 9.17) is 0 Å². The van der Waals surface area contributed by atoms with Crippen LogP contribution in [0.4, 0.5) is 0 Å². The molecule has 15 heavy (non-hydrogen) atoms. The van der Waals surface area contributed by atoms with Crippen LogP contribution in [0.5, 0.6) is 0 Å². The zero-order valence-corrected chi connectivity index (χ0v) is 9.74. The third-order valence-corrected chi connectivity index (χ3v) is 2.15. The van der Waals surface area contributed by atoms with Gasteiger partial charge >= 0.3 is 0 Å². The molecule has 0 amide bonds. The molecule has 0 aliphatic carbocycles. The van der Waals surface area contributed by atoms with E-state index in [0.29, 0.717) is 0 Å². The molecule has 0 radical (unpaired) electrons. The molecule has 0 saturated carbocycles. The first kappa shape index (κ1) is 12.0. The predicted octanol–water partition coefficient (Wildman–Crippen LogP) is 2.31. The zero-order valence-electron chi connectivity index (χ0n) is 9.74. The van der Waals surface area contributed by atoms with E-state index >= 15 is 0 Å². The first-order chi connectivity index (χ1) is 7.36. The molecular weight excluding hydrogens is 186 g/mol. The van der Waals surface area contributed by atoms with E-state index in [2.05, 4.69) is 42.6 Å². The Hall–Kier alpha value is -1.09. The molecule has 1 N–H and O–H groups in total. The number of rotatable bonds is 7. The van der Waals surface area contributed by atoms with E-state index < -0.39 is 0 Å². The highest BCUT2D eigenvalue weighted by Crippen LogP contribution is 2.01.